The third-order valence-corrected chi connectivity index (χ3v) is 4.26. The van der Waals surface area contributed by atoms with Crippen LogP contribution >= 0.6 is 11.8 Å². The Morgan fingerprint density at radius 3 is 2.75 bits per heavy atom. The highest BCUT2D eigenvalue weighted by Gasteiger charge is 2.27. The lowest BCUT2D eigenvalue weighted by Gasteiger charge is -2.36. The van der Waals surface area contributed by atoms with Gasteiger partial charge in [-0.15, -0.1) is 0 Å². The highest BCUT2D eigenvalue weighted by Crippen LogP contribution is 2.14. The summed E-state index contributed by atoms with van der Waals surface area (Å²) in [5.74, 6) is -0.244. The molecule has 0 radical (unpaired) electrons. The molecule has 0 spiro atoms. The van der Waals surface area contributed by atoms with Crippen LogP contribution in [0.4, 0.5) is 4.79 Å². The molecule has 1 aliphatic heterocycles. The molecule has 6 nitrogen and oxygen atoms in total. The summed E-state index contributed by atoms with van der Waals surface area (Å²) in [6.45, 7) is 1.36. The van der Waals surface area contributed by atoms with Crippen LogP contribution in [0.1, 0.15) is 19.3 Å². The molecule has 2 atom stereocenters. The van der Waals surface area contributed by atoms with Gasteiger partial charge in [-0.3, -0.25) is 0 Å². The minimum absolute atomic E-state index is 0.259. The summed E-state index contributed by atoms with van der Waals surface area (Å²) >= 11 is 1.58. The third kappa shape index (κ3) is 5.20. The van der Waals surface area contributed by atoms with E-state index in [0.29, 0.717) is 25.6 Å². The fourth-order valence-electron chi connectivity index (χ4n) is 2.29. The van der Waals surface area contributed by atoms with Crippen molar-refractivity contribution >= 4 is 23.8 Å². The number of likely N-dealkylation sites (N-methyl/N-ethyl adjacent to an activating group) is 1. The zero-order valence-electron chi connectivity index (χ0n) is 12.5. The number of rotatable bonds is 6. The molecule has 0 bridgehead atoms. The average molecular weight is 303 g/mol. The van der Waals surface area contributed by atoms with Crippen molar-refractivity contribution < 1.29 is 14.7 Å². The molecular weight excluding hydrogens is 278 g/mol. The van der Waals surface area contributed by atoms with Crippen LogP contribution in [-0.2, 0) is 4.79 Å². The lowest BCUT2D eigenvalue weighted by atomic mass is 10.1. The number of likely N-dealkylation sites (tertiary alicyclic amines) is 1. The molecule has 2 N–H and O–H groups in total. The van der Waals surface area contributed by atoms with Crippen LogP contribution in [0.15, 0.2) is 0 Å². The lowest BCUT2D eigenvalue weighted by molar-refractivity contribution is -0.139. The number of thioether (sulfide) groups is 1. The van der Waals surface area contributed by atoms with Gasteiger partial charge in [-0.05, 0) is 45.4 Å². The number of hydrogen-bond donors (Lipinski definition) is 2. The molecule has 116 valence electrons. The number of hydrogen-bond acceptors (Lipinski definition) is 4. The molecule has 7 heteroatoms. The Morgan fingerprint density at radius 1 is 1.50 bits per heavy atom. The topological polar surface area (TPSA) is 72.9 Å². The van der Waals surface area contributed by atoms with Crippen LogP contribution in [0, 0.1) is 0 Å². The predicted molar refractivity (Wildman–Crippen MR) is 81.2 cm³/mol. The van der Waals surface area contributed by atoms with Gasteiger partial charge < -0.3 is 20.2 Å². The number of nitrogens with zero attached hydrogens (tertiary/aromatic N) is 2. The monoisotopic (exact) mass is 303 g/mol. The van der Waals surface area contributed by atoms with Gasteiger partial charge in [-0.25, -0.2) is 9.59 Å². The largest absolute Gasteiger partial charge is 0.480 e. The quantitative estimate of drug-likeness (QED) is 0.763. The maximum Gasteiger partial charge on any atom is 0.326 e. The standard InChI is InChI=1S/C13H25N3O3S/c1-15(2)10-5-4-7-16(9-10)13(19)14-11(12(17)18)6-8-20-3/h10-11H,4-9H2,1-3H3,(H,14,19)(H,17,18)/t10?,11-/m0/s1. The molecule has 0 aromatic heterocycles. The van der Waals surface area contributed by atoms with Crippen LogP contribution in [0.5, 0.6) is 0 Å². The lowest BCUT2D eigenvalue weighted by Crippen LogP contribution is -2.53. The zero-order valence-corrected chi connectivity index (χ0v) is 13.3. The van der Waals surface area contributed by atoms with E-state index in [1.807, 2.05) is 20.4 Å². The molecule has 1 unspecified atom stereocenters. The fourth-order valence-corrected chi connectivity index (χ4v) is 2.77. The van der Waals surface area contributed by atoms with Gasteiger partial charge in [-0.2, -0.15) is 11.8 Å². The number of amides is 2. The van der Waals surface area contributed by atoms with E-state index in [1.165, 1.54) is 0 Å². The molecule has 0 saturated carbocycles. The molecule has 0 aliphatic carbocycles. The summed E-state index contributed by atoms with van der Waals surface area (Å²) in [6.07, 6.45) is 4.41. The van der Waals surface area contributed by atoms with E-state index in [2.05, 4.69) is 10.2 Å². The normalized spacial score (nSPS) is 20.8. The number of carbonyl (C=O) groups excluding carboxylic acids is 1. The van der Waals surface area contributed by atoms with Gasteiger partial charge in [-0.1, -0.05) is 0 Å². The van der Waals surface area contributed by atoms with Crippen molar-refractivity contribution in [1.29, 1.82) is 0 Å². The first-order chi connectivity index (χ1) is 9.45. The number of carbonyl (C=O) groups is 2. The van der Waals surface area contributed by atoms with E-state index < -0.39 is 12.0 Å². The maximum atomic E-state index is 12.2. The van der Waals surface area contributed by atoms with E-state index in [4.69, 9.17) is 5.11 Å². The Kier molecular flexibility index (Phi) is 7.15. The van der Waals surface area contributed by atoms with E-state index in [0.717, 1.165) is 18.6 Å². The van der Waals surface area contributed by atoms with Gasteiger partial charge >= 0.3 is 12.0 Å². The van der Waals surface area contributed by atoms with Crippen molar-refractivity contribution in [3.8, 4) is 0 Å². The molecule has 1 aliphatic rings. The van der Waals surface area contributed by atoms with Crippen molar-refractivity contribution in [2.45, 2.75) is 31.3 Å². The van der Waals surface area contributed by atoms with Crippen LogP contribution in [0.3, 0.4) is 0 Å². The number of piperidine rings is 1. The van der Waals surface area contributed by atoms with E-state index in [-0.39, 0.29) is 6.03 Å². The van der Waals surface area contributed by atoms with Crippen LogP contribution in [0.25, 0.3) is 0 Å². The minimum Gasteiger partial charge on any atom is -0.480 e. The molecule has 0 aromatic carbocycles. The van der Waals surface area contributed by atoms with Crippen molar-refractivity contribution in [2.75, 3.05) is 39.2 Å². The van der Waals surface area contributed by atoms with E-state index in [9.17, 15) is 9.59 Å². The molecule has 2 amide bonds. The number of aliphatic carboxylic acids is 1. The molecule has 1 rings (SSSR count). The minimum atomic E-state index is -0.964. The summed E-state index contributed by atoms with van der Waals surface area (Å²) in [5.41, 5.74) is 0. The third-order valence-electron chi connectivity index (χ3n) is 3.62. The molecule has 20 heavy (non-hydrogen) atoms. The number of nitrogens with one attached hydrogen (secondary N) is 1. The molecular formula is C13H25N3O3S. The highest BCUT2D eigenvalue weighted by atomic mass is 32.2. The Balaban J connectivity index is 2.53. The summed E-state index contributed by atoms with van der Waals surface area (Å²) in [6, 6.07) is -0.705. The van der Waals surface area contributed by atoms with Crippen molar-refractivity contribution in [2.24, 2.45) is 0 Å². The van der Waals surface area contributed by atoms with Gasteiger partial charge in [0.1, 0.15) is 6.04 Å². The van der Waals surface area contributed by atoms with Gasteiger partial charge in [0.25, 0.3) is 0 Å². The van der Waals surface area contributed by atoms with Gasteiger partial charge in [0.15, 0.2) is 0 Å². The van der Waals surface area contributed by atoms with Gasteiger partial charge in [0, 0.05) is 19.1 Å². The molecule has 0 aromatic rings. The number of urea groups is 1. The van der Waals surface area contributed by atoms with Crippen molar-refractivity contribution in [3.05, 3.63) is 0 Å². The molecule has 1 heterocycles. The Bertz CT molecular complexity index is 339. The first-order valence-electron chi connectivity index (χ1n) is 6.89. The number of carboxylic acid groups (broad SMARTS) is 1. The first kappa shape index (κ1) is 17.1. The summed E-state index contributed by atoms with van der Waals surface area (Å²) < 4.78 is 0. The Hall–Kier alpha value is -0.950. The SMILES string of the molecule is CSCC[C@H](NC(=O)N1CCCC(N(C)C)C1)C(=O)O. The average Bonchev–Trinajstić information content (AvgIpc) is 2.42. The maximum absolute atomic E-state index is 12.2. The van der Waals surface area contributed by atoms with Crippen LogP contribution < -0.4 is 5.32 Å². The number of carboxylic acids is 1. The van der Waals surface area contributed by atoms with Crippen LogP contribution in [0.2, 0.25) is 0 Å². The first-order valence-corrected chi connectivity index (χ1v) is 8.28. The fraction of sp³-hybridized carbons (Fsp3) is 0.846. The van der Waals surface area contributed by atoms with E-state index in [1.54, 1.807) is 16.7 Å². The Morgan fingerprint density at radius 2 is 2.20 bits per heavy atom. The zero-order chi connectivity index (χ0) is 15.1. The summed E-state index contributed by atoms with van der Waals surface area (Å²) in [5, 5.41) is 11.8. The second-order valence-electron chi connectivity index (χ2n) is 5.33. The Labute approximate surface area is 124 Å². The predicted octanol–water partition coefficient (Wildman–Crippen LogP) is 0.928. The van der Waals surface area contributed by atoms with Gasteiger partial charge in [0.05, 0.1) is 0 Å². The van der Waals surface area contributed by atoms with Gasteiger partial charge in [0.2, 0.25) is 0 Å². The smallest absolute Gasteiger partial charge is 0.326 e. The second-order valence-corrected chi connectivity index (χ2v) is 6.31. The summed E-state index contributed by atoms with van der Waals surface area (Å²) in [4.78, 5) is 27.2. The molecule has 1 saturated heterocycles. The van der Waals surface area contributed by atoms with Crippen molar-refractivity contribution in [3.63, 3.8) is 0 Å². The summed E-state index contributed by atoms with van der Waals surface area (Å²) in [7, 11) is 4.01. The van der Waals surface area contributed by atoms with E-state index >= 15 is 0 Å². The van der Waals surface area contributed by atoms with Crippen molar-refractivity contribution in [1.82, 2.24) is 15.1 Å². The molecule has 1 fully saturated rings. The highest BCUT2D eigenvalue weighted by molar-refractivity contribution is 7.98. The second kappa shape index (κ2) is 8.36. The van der Waals surface area contributed by atoms with Crippen LogP contribution in [-0.4, -0.2) is 78.2 Å².